The number of likely N-dealkylation sites (tertiary alicyclic amines) is 1. The van der Waals surface area contributed by atoms with Crippen molar-refractivity contribution in [2.24, 2.45) is 0 Å². The second kappa shape index (κ2) is 5.70. The molecule has 0 spiro atoms. The van der Waals surface area contributed by atoms with Crippen molar-refractivity contribution in [2.45, 2.75) is 52.1 Å². The molecule has 0 atom stereocenters. The monoisotopic (exact) mass is 224 g/mol. The van der Waals surface area contributed by atoms with Crippen LogP contribution in [0.15, 0.2) is 0 Å². The minimum Gasteiger partial charge on any atom is -0.378 e. The number of hydrogen-bond donors (Lipinski definition) is 1. The highest BCUT2D eigenvalue weighted by molar-refractivity contribution is 5.10. The molecule has 1 fully saturated rings. The molecule has 0 bridgehead atoms. The molecule has 1 N–H and O–H groups in total. The summed E-state index contributed by atoms with van der Waals surface area (Å²) >= 11 is 0. The Bertz CT molecular complexity index is 255. The van der Waals surface area contributed by atoms with Gasteiger partial charge in [0.25, 0.3) is 0 Å². The molecule has 2 nitrogen and oxygen atoms in total. The maximum Gasteiger partial charge on any atom is 0.141 e. The zero-order chi connectivity index (χ0) is 12.1. The number of nitrogens with zero attached hydrogens (tertiary/aromatic N) is 1. The van der Waals surface area contributed by atoms with Crippen LogP contribution in [0, 0.1) is 11.8 Å². The molecule has 0 aromatic rings. The van der Waals surface area contributed by atoms with Gasteiger partial charge in [-0.2, -0.15) is 0 Å². The van der Waals surface area contributed by atoms with Crippen molar-refractivity contribution < 1.29 is 9.59 Å². The van der Waals surface area contributed by atoms with E-state index in [0.717, 1.165) is 11.0 Å². The number of hydrogen-bond acceptors (Lipinski definition) is 1. The summed E-state index contributed by atoms with van der Waals surface area (Å²) in [4.78, 5) is 0. The molecule has 1 heterocycles. The van der Waals surface area contributed by atoms with Crippen LogP contribution in [0.2, 0.25) is 0 Å². The maximum absolute atomic E-state index is 9.58. The van der Waals surface area contributed by atoms with E-state index < -0.39 is 5.60 Å². The van der Waals surface area contributed by atoms with Crippen molar-refractivity contribution in [3.05, 3.63) is 0 Å². The van der Waals surface area contributed by atoms with E-state index in [-0.39, 0.29) is 0 Å². The number of rotatable bonds is 3. The Balaban J connectivity index is 2.59. The SMILES string of the molecule is CCC[N+]1(CC#CC(C)(C)O)CCCCC1. The Kier molecular flexibility index (Phi) is 4.83. The minimum absolute atomic E-state index is 0.841. The van der Waals surface area contributed by atoms with E-state index in [1.807, 2.05) is 0 Å². The third-order valence-electron chi connectivity index (χ3n) is 3.27. The van der Waals surface area contributed by atoms with Gasteiger partial charge < -0.3 is 9.59 Å². The van der Waals surface area contributed by atoms with Crippen LogP contribution >= 0.6 is 0 Å². The third kappa shape index (κ3) is 4.55. The second-order valence-electron chi connectivity index (χ2n) is 5.59. The molecule has 2 heteroatoms. The van der Waals surface area contributed by atoms with E-state index in [0.29, 0.717) is 0 Å². The minimum atomic E-state index is -0.841. The third-order valence-corrected chi connectivity index (χ3v) is 3.27. The molecule has 0 radical (unpaired) electrons. The first kappa shape index (κ1) is 13.5. The molecule has 92 valence electrons. The summed E-state index contributed by atoms with van der Waals surface area (Å²) in [5.74, 6) is 6.14. The van der Waals surface area contributed by atoms with Crippen molar-refractivity contribution >= 4 is 0 Å². The van der Waals surface area contributed by atoms with Crippen molar-refractivity contribution in [1.29, 1.82) is 0 Å². The summed E-state index contributed by atoms with van der Waals surface area (Å²) in [6.45, 7) is 10.4. The van der Waals surface area contributed by atoms with Gasteiger partial charge >= 0.3 is 0 Å². The molecule has 1 rings (SSSR count). The van der Waals surface area contributed by atoms with Crippen LogP contribution in [0.5, 0.6) is 0 Å². The first-order chi connectivity index (χ1) is 7.47. The van der Waals surface area contributed by atoms with Crippen LogP contribution in [-0.2, 0) is 0 Å². The highest BCUT2D eigenvalue weighted by atomic mass is 16.3. The van der Waals surface area contributed by atoms with Crippen LogP contribution in [0.1, 0.15) is 46.5 Å². The summed E-state index contributed by atoms with van der Waals surface area (Å²) in [6.07, 6.45) is 5.28. The van der Waals surface area contributed by atoms with E-state index in [1.54, 1.807) is 13.8 Å². The fourth-order valence-corrected chi connectivity index (χ4v) is 2.54. The van der Waals surface area contributed by atoms with Gasteiger partial charge in [-0.1, -0.05) is 12.8 Å². The molecule has 1 aliphatic heterocycles. The van der Waals surface area contributed by atoms with E-state index in [9.17, 15) is 5.11 Å². The smallest absolute Gasteiger partial charge is 0.141 e. The Hall–Kier alpha value is -0.520. The molecule has 0 aromatic carbocycles. The predicted octanol–water partition coefficient (Wildman–Crippen LogP) is 2.17. The molecule has 16 heavy (non-hydrogen) atoms. The summed E-state index contributed by atoms with van der Waals surface area (Å²) in [7, 11) is 0. The van der Waals surface area contributed by atoms with Gasteiger partial charge in [-0.25, -0.2) is 0 Å². The van der Waals surface area contributed by atoms with Gasteiger partial charge in [0.15, 0.2) is 0 Å². The van der Waals surface area contributed by atoms with E-state index in [1.165, 1.54) is 45.3 Å². The zero-order valence-electron chi connectivity index (χ0n) is 11.1. The summed E-state index contributed by atoms with van der Waals surface area (Å²) < 4.78 is 1.15. The largest absolute Gasteiger partial charge is 0.378 e. The summed E-state index contributed by atoms with van der Waals surface area (Å²) in [5.41, 5.74) is -0.841. The van der Waals surface area contributed by atoms with E-state index >= 15 is 0 Å². The van der Waals surface area contributed by atoms with Gasteiger partial charge in [0.1, 0.15) is 12.1 Å². The molecule has 0 amide bonds. The predicted molar refractivity (Wildman–Crippen MR) is 67.9 cm³/mol. The second-order valence-corrected chi connectivity index (χ2v) is 5.59. The highest BCUT2D eigenvalue weighted by Crippen LogP contribution is 2.19. The normalized spacial score (nSPS) is 20.0. The summed E-state index contributed by atoms with van der Waals surface area (Å²) in [5, 5.41) is 9.58. The van der Waals surface area contributed by atoms with Crippen LogP contribution in [0.4, 0.5) is 0 Å². The maximum atomic E-state index is 9.58. The standard InChI is InChI=1S/C14H26NO/c1-4-10-15(11-6-5-7-12-15)13-8-9-14(2,3)16/h16H,4-7,10-13H2,1-3H3/q+1. The lowest BCUT2D eigenvalue weighted by Crippen LogP contribution is -2.52. The molecule has 1 aliphatic rings. The van der Waals surface area contributed by atoms with Crippen molar-refractivity contribution in [1.82, 2.24) is 0 Å². The molecular weight excluding hydrogens is 198 g/mol. The lowest BCUT2D eigenvalue weighted by atomic mass is 10.1. The molecule has 0 saturated carbocycles. The van der Waals surface area contributed by atoms with Crippen molar-refractivity contribution in [3.8, 4) is 11.8 Å². The Morgan fingerprint density at radius 1 is 1.19 bits per heavy atom. The van der Waals surface area contributed by atoms with Crippen molar-refractivity contribution in [3.63, 3.8) is 0 Å². The first-order valence-electron chi connectivity index (χ1n) is 6.55. The van der Waals surface area contributed by atoms with Crippen LogP contribution in [-0.4, -0.2) is 41.4 Å². The van der Waals surface area contributed by atoms with Gasteiger partial charge in [-0.3, -0.25) is 0 Å². The lowest BCUT2D eigenvalue weighted by molar-refractivity contribution is -0.926. The van der Waals surface area contributed by atoms with Gasteiger partial charge in [-0.05, 0) is 45.5 Å². The molecule has 0 aromatic heterocycles. The van der Waals surface area contributed by atoms with Crippen LogP contribution in [0.3, 0.4) is 0 Å². The number of aliphatic hydroxyl groups is 1. The van der Waals surface area contributed by atoms with Crippen LogP contribution < -0.4 is 0 Å². The lowest BCUT2D eigenvalue weighted by Gasteiger charge is -2.40. The molecular formula is C14H26NO+. The molecule has 1 saturated heterocycles. The van der Waals surface area contributed by atoms with Gasteiger partial charge in [0, 0.05) is 0 Å². The first-order valence-corrected chi connectivity index (χ1v) is 6.55. The number of piperidine rings is 1. The Morgan fingerprint density at radius 3 is 2.31 bits per heavy atom. The van der Waals surface area contributed by atoms with Gasteiger partial charge in [0.2, 0.25) is 0 Å². The average Bonchev–Trinajstić information content (AvgIpc) is 2.17. The molecule has 0 unspecified atom stereocenters. The topological polar surface area (TPSA) is 20.2 Å². The number of quaternary nitrogens is 1. The summed E-state index contributed by atoms with van der Waals surface area (Å²) in [6, 6.07) is 0. The molecule has 0 aliphatic carbocycles. The zero-order valence-corrected chi connectivity index (χ0v) is 11.1. The van der Waals surface area contributed by atoms with Gasteiger partial charge in [0.05, 0.1) is 19.6 Å². The highest BCUT2D eigenvalue weighted by Gasteiger charge is 2.27. The fraction of sp³-hybridized carbons (Fsp3) is 0.857. The van der Waals surface area contributed by atoms with E-state index in [2.05, 4.69) is 18.8 Å². The quantitative estimate of drug-likeness (QED) is 0.575. The van der Waals surface area contributed by atoms with E-state index in [4.69, 9.17) is 0 Å². The average molecular weight is 224 g/mol. The fourth-order valence-electron chi connectivity index (χ4n) is 2.54. The Morgan fingerprint density at radius 2 is 1.81 bits per heavy atom. The van der Waals surface area contributed by atoms with Gasteiger partial charge in [-0.15, -0.1) is 0 Å². The van der Waals surface area contributed by atoms with Crippen molar-refractivity contribution in [2.75, 3.05) is 26.2 Å². The Labute approximate surface area is 100 Å². The van der Waals surface area contributed by atoms with Crippen LogP contribution in [0.25, 0.3) is 0 Å².